The number of benzene rings is 1. The third-order valence-electron chi connectivity index (χ3n) is 2.70. The lowest BCUT2D eigenvalue weighted by molar-refractivity contribution is 0.291. The van der Waals surface area contributed by atoms with Crippen molar-refractivity contribution in [1.29, 1.82) is 0 Å². The summed E-state index contributed by atoms with van der Waals surface area (Å²) < 4.78 is 0. The Balaban J connectivity index is 2.41. The second kappa shape index (κ2) is 8.74. The highest BCUT2D eigenvalue weighted by molar-refractivity contribution is 5.53. The molecule has 0 aliphatic heterocycles. The zero-order chi connectivity index (χ0) is 13.2. The Labute approximate surface area is 108 Å². The van der Waals surface area contributed by atoms with E-state index in [1.165, 1.54) is 0 Å². The molecule has 0 radical (unpaired) electrons. The average molecular weight is 253 g/mol. The summed E-state index contributed by atoms with van der Waals surface area (Å²) >= 11 is 0. The fraction of sp³-hybridized carbons (Fsp3) is 0.538. The Morgan fingerprint density at radius 2 is 1.72 bits per heavy atom. The number of hydrogen-bond acceptors (Lipinski definition) is 5. The number of nitrogens with one attached hydrogen (secondary N) is 1. The van der Waals surface area contributed by atoms with Crippen LogP contribution < -0.4 is 16.0 Å². The quantitative estimate of drug-likeness (QED) is 0.369. The molecule has 18 heavy (non-hydrogen) atoms. The maximum absolute atomic E-state index is 9.08. The number of aliphatic hydroxyl groups excluding tert-OH is 2. The number of nitrogen functional groups attached to an aromatic ring is 1. The van der Waals surface area contributed by atoms with E-state index in [4.69, 9.17) is 15.9 Å². The lowest BCUT2D eigenvalue weighted by Crippen LogP contribution is -2.30. The zero-order valence-electron chi connectivity index (χ0n) is 10.7. The zero-order valence-corrected chi connectivity index (χ0v) is 10.7. The van der Waals surface area contributed by atoms with E-state index in [1.54, 1.807) is 0 Å². The van der Waals surface area contributed by atoms with Crippen LogP contribution in [0.1, 0.15) is 6.42 Å². The molecule has 0 saturated carbocycles. The van der Waals surface area contributed by atoms with Crippen LogP contribution in [0.5, 0.6) is 0 Å². The average Bonchev–Trinajstić information content (AvgIpc) is 2.38. The first-order chi connectivity index (χ1) is 8.77. The minimum absolute atomic E-state index is 0.133. The third-order valence-corrected chi connectivity index (χ3v) is 2.70. The fourth-order valence-electron chi connectivity index (χ4n) is 1.77. The molecule has 1 rings (SSSR count). The molecule has 0 unspecified atom stereocenters. The normalized spacial score (nSPS) is 10.6. The first-order valence-electron chi connectivity index (χ1n) is 6.31. The van der Waals surface area contributed by atoms with Gasteiger partial charge in [0.1, 0.15) is 0 Å². The number of nitrogens with two attached hydrogens (primary N) is 1. The van der Waals surface area contributed by atoms with Gasteiger partial charge in [0.15, 0.2) is 0 Å². The summed E-state index contributed by atoms with van der Waals surface area (Å²) in [4.78, 5) is 2.13. The molecule has 102 valence electrons. The molecule has 5 N–H and O–H groups in total. The minimum Gasteiger partial charge on any atom is -0.399 e. The van der Waals surface area contributed by atoms with E-state index >= 15 is 0 Å². The first kappa shape index (κ1) is 14.8. The summed E-state index contributed by atoms with van der Waals surface area (Å²) in [6, 6.07) is 7.66. The van der Waals surface area contributed by atoms with Crippen LogP contribution in [-0.4, -0.2) is 49.6 Å². The van der Waals surface area contributed by atoms with Gasteiger partial charge < -0.3 is 26.2 Å². The molecule has 5 nitrogen and oxygen atoms in total. The number of nitrogens with zero attached hydrogens (tertiary/aromatic N) is 1. The van der Waals surface area contributed by atoms with Gasteiger partial charge in [-0.05, 0) is 37.2 Å². The molecule has 5 heteroatoms. The number of aliphatic hydroxyl groups is 2. The summed E-state index contributed by atoms with van der Waals surface area (Å²) in [5, 5.41) is 20.9. The molecule has 1 aromatic carbocycles. The second-order valence-electron chi connectivity index (χ2n) is 4.13. The molecule has 0 spiro atoms. The highest BCUT2D eigenvalue weighted by atomic mass is 16.3. The molecule has 1 aromatic rings. The van der Waals surface area contributed by atoms with Gasteiger partial charge in [0.25, 0.3) is 0 Å². The lowest BCUT2D eigenvalue weighted by Gasteiger charge is -2.24. The van der Waals surface area contributed by atoms with Crippen LogP contribution in [0.4, 0.5) is 11.4 Å². The van der Waals surface area contributed by atoms with Crippen molar-refractivity contribution in [3.63, 3.8) is 0 Å². The number of hydrogen-bond donors (Lipinski definition) is 4. The maximum atomic E-state index is 9.08. The molecule has 0 heterocycles. The van der Waals surface area contributed by atoms with Gasteiger partial charge in [-0.3, -0.25) is 0 Å². The second-order valence-corrected chi connectivity index (χ2v) is 4.13. The van der Waals surface area contributed by atoms with Crippen molar-refractivity contribution in [1.82, 2.24) is 5.32 Å². The highest BCUT2D eigenvalue weighted by Gasteiger charge is 2.05. The molecule has 0 aliphatic rings. The van der Waals surface area contributed by atoms with Gasteiger partial charge in [-0.1, -0.05) is 0 Å². The van der Waals surface area contributed by atoms with E-state index in [0.717, 1.165) is 30.9 Å². The van der Waals surface area contributed by atoms with Crippen LogP contribution in [-0.2, 0) is 0 Å². The van der Waals surface area contributed by atoms with Crippen LogP contribution in [0.2, 0.25) is 0 Å². The molecular weight excluding hydrogens is 230 g/mol. The third kappa shape index (κ3) is 5.35. The van der Waals surface area contributed by atoms with Crippen LogP contribution in [0.25, 0.3) is 0 Å². The predicted octanol–water partition coefficient (Wildman–Crippen LogP) is 0.0395. The van der Waals surface area contributed by atoms with Crippen molar-refractivity contribution in [2.24, 2.45) is 0 Å². The van der Waals surface area contributed by atoms with Crippen LogP contribution in [0.15, 0.2) is 24.3 Å². The van der Waals surface area contributed by atoms with Crippen molar-refractivity contribution in [2.75, 3.05) is 50.0 Å². The van der Waals surface area contributed by atoms with E-state index in [1.807, 2.05) is 24.3 Å². The van der Waals surface area contributed by atoms with Gasteiger partial charge in [-0.2, -0.15) is 0 Å². The van der Waals surface area contributed by atoms with E-state index < -0.39 is 0 Å². The predicted molar refractivity (Wildman–Crippen MR) is 74.7 cm³/mol. The van der Waals surface area contributed by atoms with Crippen molar-refractivity contribution in [3.8, 4) is 0 Å². The van der Waals surface area contributed by atoms with Gasteiger partial charge in [0.05, 0.1) is 13.2 Å². The van der Waals surface area contributed by atoms with E-state index in [0.29, 0.717) is 13.1 Å². The van der Waals surface area contributed by atoms with Crippen LogP contribution in [0, 0.1) is 0 Å². The molecule has 0 aliphatic carbocycles. The summed E-state index contributed by atoms with van der Waals surface area (Å²) in [5.74, 6) is 0. The topological polar surface area (TPSA) is 81.8 Å². The van der Waals surface area contributed by atoms with E-state index in [2.05, 4.69) is 10.2 Å². The van der Waals surface area contributed by atoms with Crippen molar-refractivity contribution in [3.05, 3.63) is 24.3 Å². The molecule has 0 atom stereocenters. The molecular formula is C13H23N3O2. The number of rotatable bonds is 9. The maximum Gasteiger partial charge on any atom is 0.0606 e. The smallest absolute Gasteiger partial charge is 0.0606 e. The van der Waals surface area contributed by atoms with E-state index in [-0.39, 0.29) is 13.2 Å². The summed E-state index contributed by atoms with van der Waals surface area (Å²) in [6.45, 7) is 3.26. The summed E-state index contributed by atoms with van der Waals surface area (Å²) in [6.07, 6.45) is 0.963. The van der Waals surface area contributed by atoms with Crippen LogP contribution in [0.3, 0.4) is 0 Å². The number of anilines is 2. The monoisotopic (exact) mass is 253 g/mol. The Morgan fingerprint density at radius 1 is 1.00 bits per heavy atom. The van der Waals surface area contributed by atoms with Crippen molar-refractivity contribution >= 4 is 11.4 Å². The van der Waals surface area contributed by atoms with Gasteiger partial charge in [0, 0.05) is 31.0 Å². The van der Waals surface area contributed by atoms with Crippen molar-refractivity contribution < 1.29 is 10.2 Å². The Bertz CT molecular complexity index is 317. The molecule has 0 bridgehead atoms. The van der Waals surface area contributed by atoms with Crippen LogP contribution >= 0.6 is 0 Å². The summed E-state index contributed by atoms with van der Waals surface area (Å²) in [7, 11) is 0. The Hall–Kier alpha value is -1.30. The largest absolute Gasteiger partial charge is 0.399 e. The first-order valence-corrected chi connectivity index (χ1v) is 6.31. The molecule has 0 saturated heterocycles. The molecule has 0 fully saturated rings. The highest BCUT2D eigenvalue weighted by Crippen LogP contribution is 2.16. The van der Waals surface area contributed by atoms with Crippen molar-refractivity contribution in [2.45, 2.75) is 6.42 Å². The lowest BCUT2D eigenvalue weighted by atomic mass is 10.2. The molecule has 0 aromatic heterocycles. The Morgan fingerprint density at radius 3 is 2.33 bits per heavy atom. The van der Waals surface area contributed by atoms with Gasteiger partial charge >= 0.3 is 0 Å². The fourth-order valence-corrected chi connectivity index (χ4v) is 1.77. The van der Waals surface area contributed by atoms with Gasteiger partial charge in [0.2, 0.25) is 0 Å². The van der Waals surface area contributed by atoms with Gasteiger partial charge in [-0.25, -0.2) is 0 Å². The SMILES string of the molecule is Nc1ccc(N(CCO)CCCNCCO)cc1. The minimum atomic E-state index is 0.133. The Kier molecular flexibility index (Phi) is 7.17. The van der Waals surface area contributed by atoms with Gasteiger partial charge in [-0.15, -0.1) is 0 Å². The van der Waals surface area contributed by atoms with E-state index in [9.17, 15) is 0 Å². The standard InChI is InChI=1S/C13H23N3O2/c14-12-2-4-13(5-3-12)16(9-11-18)8-1-6-15-7-10-17/h2-5,15,17-18H,1,6-11,14H2. The summed E-state index contributed by atoms with van der Waals surface area (Å²) in [5.41, 5.74) is 7.47. The molecule has 0 amide bonds.